The smallest absolute Gasteiger partial charge is 0.0577 e. The minimum atomic E-state index is 0.712. The fourth-order valence-corrected chi connectivity index (χ4v) is 3.30. The first-order valence-electron chi connectivity index (χ1n) is 4.40. The maximum Gasteiger partial charge on any atom is 0.109 e. The first-order chi connectivity index (χ1) is 4.58. The Balaban J connectivity index is 2.23. The fourth-order valence-electron chi connectivity index (χ4n) is 3.30. The lowest BCUT2D eigenvalue weighted by molar-refractivity contribution is 0.357. The number of hydrogen-bond donors (Lipinski definition) is 0. The van der Waals surface area contributed by atoms with E-state index in [2.05, 4.69) is 27.7 Å². The molecule has 56 valence electrons. The molecule has 0 amide bonds. The Morgan fingerprint density at radius 2 is 2.00 bits per heavy atom. The van der Waals surface area contributed by atoms with E-state index < -0.39 is 0 Å². The van der Waals surface area contributed by atoms with Gasteiger partial charge in [0.2, 0.25) is 0 Å². The topological polar surface area (TPSA) is 0 Å². The van der Waals surface area contributed by atoms with Crippen LogP contribution in [0.1, 0.15) is 34.1 Å². The van der Waals surface area contributed by atoms with Crippen LogP contribution in [0.5, 0.6) is 0 Å². The average Bonchev–Trinajstić information content (AvgIpc) is 2.28. The predicted octanol–water partition coefficient (Wildman–Crippen LogP) is 2.89. The highest BCUT2D eigenvalue weighted by Crippen LogP contribution is 2.73. The molecule has 2 fully saturated rings. The van der Waals surface area contributed by atoms with Crippen molar-refractivity contribution in [2.75, 3.05) is 0 Å². The second kappa shape index (κ2) is 1.54. The van der Waals surface area contributed by atoms with Crippen LogP contribution in [0.15, 0.2) is 0 Å². The zero-order chi connectivity index (χ0) is 7.52. The standard InChI is InChI=1S/C10H17/c1-6-5-7(2)10(4)8(3)9(6)10/h7-9H,5H2,1-4H3/q+1. The number of rotatable bonds is 0. The van der Waals surface area contributed by atoms with Gasteiger partial charge in [0.15, 0.2) is 0 Å². The van der Waals surface area contributed by atoms with Crippen LogP contribution < -0.4 is 0 Å². The molecule has 2 aliphatic carbocycles. The highest BCUT2D eigenvalue weighted by atomic mass is 14.7. The van der Waals surface area contributed by atoms with Gasteiger partial charge in [0.25, 0.3) is 0 Å². The summed E-state index contributed by atoms with van der Waals surface area (Å²) in [7, 11) is 0. The second-order valence-electron chi connectivity index (χ2n) is 4.58. The summed E-state index contributed by atoms with van der Waals surface area (Å²) in [6.07, 6.45) is 1.39. The SMILES string of the molecule is C[C+]1CC(C)C2(C)C(C)C12. The van der Waals surface area contributed by atoms with Gasteiger partial charge in [-0.15, -0.1) is 0 Å². The van der Waals surface area contributed by atoms with Crippen LogP contribution in [0.3, 0.4) is 0 Å². The van der Waals surface area contributed by atoms with E-state index in [0.717, 1.165) is 17.8 Å². The highest BCUT2D eigenvalue weighted by molar-refractivity contribution is 5.25. The molecule has 2 aliphatic rings. The van der Waals surface area contributed by atoms with Gasteiger partial charge < -0.3 is 0 Å². The number of hydrogen-bond acceptors (Lipinski definition) is 0. The summed E-state index contributed by atoms with van der Waals surface area (Å²) in [5.74, 6) is 4.69. The van der Waals surface area contributed by atoms with Crippen LogP contribution >= 0.6 is 0 Å². The predicted molar refractivity (Wildman–Crippen MR) is 43.5 cm³/mol. The van der Waals surface area contributed by atoms with E-state index in [1.54, 1.807) is 5.92 Å². The van der Waals surface area contributed by atoms with Crippen molar-refractivity contribution in [3.05, 3.63) is 5.92 Å². The van der Waals surface area contributed by atoms with Crippen LogP contribution in [0.25, 0.3) is 0 Å². The van der Waals surface area contributed by atoms with Gasteiger partial charge in [-0.05, 0) is 0 Å². The molecule has 0 bridgehead atoms. The third kappa shape index (κ3) is 0.478. The molecular formula is C10H17+. The van der Waals surface area contributed by atoms with Gasteiger partial charge in [0, 0.05) is 17.3 Å². The lowest BCUT2D eigenvalue weighted by atomic mass is 9.90. The third-order valence-corrected chi connectivity index (χ3v) is 4.26. The third-order valence-electron chi connectivity index (χ3n) is 4.26. The zero-order valence-electron chi connectivity index (χ0n) is 7.44. The molecule has 2 rings (SSSR count). The van der Waals surface area contributed by atoms with E-state index in [-0.39, 0.29) is 0 Å². The molecule has 0 aromatic heterocycles. The van der Waals surface area contributed by atoms with Crippen molar-refractivity contribution in [1.29, 1.82) is 0 Å². The molecule has 0 spiro atoms. The van der Waals surface area contributed by atoms with Crippen molar-refractivity contribution >= 4 is 0 Å². The van der Waals surface area contributed by atoms with Gasteiger partial charge in [0.1, 0.15) is 5.92 Å². The molecule has 0 aromatic rings. The molecule has 2 saturated carbocycles. The van der Waals surface area contributed by atoms with Crippen molar-refractivity contribution in [1.82, 2.24) is 0 Å². The van der Waals surface area contributed by atoms with Crippen molar-refractivity contribution < 1.29 is 0 Å². The molecule has 4 atom stereocenters. The Bertz CT molecular complexity index is 157. The quantitative estimate of drug-likeness (QED) is 0.450. The Morgan fingerprint density at radius 1 is 1.40 bits per heavy atom. The lowest BCUT2D eigenvalue weighted by Gasteiger charge is -2.09. The Morgan fingerprint density at radius 3 is 2.20 bits per heavy atom. The number of fused-ring (bicyclic) bond motifs is 1. The van der Waals surface area contributed by atoms with E-state index in [1.807, 2.05) is 0 Å². The lowest BCUT2D eigenvalue weighted by Crippen LogP contribution is -2.07. The summed E-state index contributed by atoms with van der Waals surface area (Å²) in [5, 5.41) is 0. The van der Waals surface area contributed by atoms with Crippen LogP contribution in [0, 0.1) is 29.1 Å². The van der Waals surface area contributed by atoms with E-state index in [0.29, 0.717) is 5.41 Å². The minimum absolute atomic E-state index is 0.712. The molecule has 10 heavy (non-hydrogen) atoms. The molecule has 0 aromatic carbocycles. The summed E-state index contributed by atoms with van der Waals surface area (Å²) in [4.78, 5) is 0. The van der Waals surface area contributed by atoms with Crippen LogP contribution in [-0.4, -0.2) is 0 Å². The fraction of sp³-hybridized carbons (Fsp3) is 0.900. The molecule has 4 unspecified atom stereocenters. The maximum atomic E-state index is 2.46. The average molecular weight is 137 g/mol. The molecule has 0 aliphatic heterocycles. The van der Waals surface area contributed by atoms with Crippen molar-refractivity contribution in [2.45, 2.75) is 34.1 Å². The van der Waals surface area contributed by atoms with Crippen LogP contribution in [-0.2, 0) is 0 Å². The van der Waals surface area contributed by atoms with Gasteiger partial charge in [-0.3, -0.25) is 0 Å². The Kier molecular flexibility index (Phi) is 1.01. The highest BCUT2D eigenvalue weighted by Gasteiger charge is 2.74. The van der Waals surface area contributed by atoms with Crippen molar-refractivity contribution in [3.8, 4) is 0 Å². The maximum absolute atomic E-state index is 2.46. The normalized spacial score (nSPS) is 58.8. The van der Waals surface area contributed by atoms with Gasteiger partial charge >= 0.3 is 0 Å². The summed E-state index contributed by atoms with van der Waals surface area (Å²) in [5.41, 5.74) is 0.712. The second-order valence-corrected chi connectivity index (χ2v) is 4.58. The zero-order valence-corrected chi connectivity index (χ0v) is 7.44. The van der Waals surface area contributed by atoms with Gasteiger partial charge in [-0.25, -0.2) is 0 Å². The van der Waals surface area contributed by atoms with Crippen molar-refractivity contribution in [2.24, 2.45) is 23.2 Å². The molecule has 0 N–H and O–H groups in total. The molecule has 0 saturated heterocycles. The molecule has 0 heterocycles. The molecule has 0 radical (unpaired) electrons. The first kappa shape index (κ1) is 6.57. The molecule has 0 heteroatoms. The van der Waals surface area contributed by atoms with Gasteiger partial charge in [-0.2, -0.15) is 0 Å². The summed E-state index contributed by atoms with van der Waals surface area (Å²) in [6.45, 7) is 9.62. The molecule has 0 nitrogen and oxygen atoms in total. The monoisotopic (exact) mass is 137 g/mol. The largest absolute Gasteiger partial charge is 0.109 e. The Hall–Kier alpha value is -0.130. The Labute approximate surface area is 64.0 Å². The summed E-state index contributed by atoms with van der Waals surface area (Å²) in [6, 6.07) is 0. The minimum Gasteiger partial charge on any atom is -0.0577 e. The van der Waals surface area contributed by atoms with E-state index in [1.165, 1.54) is 6.42 Å². The van der Waals surface area contributed by atoms with Gasteiger partial charge in [0.05, 0.1) is 19.3 Å². The molecular weight excluding hydrogens is 120 g/mol. The first-order valence-corrected chi connectivity index (χ1v) is 4.40. The van der Waals surface area contributed by atoms with E-state index in [9.17, 15) is 0 Å². The van der Waals surface area contributed by atoms with Crippen LogP contribution in [0.2, 0.25) is 0 Å². The van der Waals surface area contributed by atoms with E-state index >= 15 is 0 Å². The van der Waals surface area contributed by atoms with Gasteiger partial charge in [-0.1, -0.05) is 20.8 Å². The summed E-state index contributed by atoms with van der Waals surface area (Å²) >= 11 is 0. The summed E-state index contributed by atoms with van der Waals surface area (Å²) < 4.78 is 0. The van der Waals surface area contributed by atoms with Crippen molar-refractivity contribution in [3.63, 3.8) is 0 Å². The van der Waals surface area contributed by atoms with E-state index in [4.69, 9.17) is 0 Å². The van der Waals surface area contributed by atoms with Crippen LogP contribution in [0.4, 0.5) is 0 Å².